The molecule has 2 heterocycles. The number of aromatic nitrogens is 2. The van der Waals surface area contributed by atoms with Crippen LogP contribution in [0.2, 0.25) is 0 Å². The molecule has 1 amide bonds. The van der Waals surface area contributed by atoms with Gasteiger partial charge < -0.3 is 14.6 Å². The third kappa shape index (κ3) is 5.33. The molecule has 1 aliphatic heterocycles. The van der Waals surface area contributed by atoms with E-state index in [1.54, 1.807) is 66.6 Å². The van der Waals surface area contributed by atoms with Crippen molar-refractivity contribution in [3.05, 3.63) is 88.0 Å². The van der Waals surface area contributed by atoms with Crippen LogP contribution >= 0.6 is 11.8 Å². The molecule has 1 atom stereocenters. The highest BCUT2D eigenvalue weighted by Gasteiger charge is 2.43. The van der Waals surface area contributed by atoms with Crippen molar-refractivity contribution in [2.45, 2.75) is 23.1 Å². The van der Waals surface area contributed by atoms with Crippen molar-refractivity contribution < 1.29 is 22.9 Å². The number of carbonyl (C=O) groups is 1. The summed E-state index contributed by atoms with van der Waals surface area (Å²) >= 11 is 1.15. The first-order valence-electron chi connectivity index (χ1n) is 12.0. The Balaban J connectivity index is 1.40. The van der Waals surface area contributed by atoms with Crippen LogP contribution in [0.5, 0.6) is 5.75 Å². The van der Waals surface area contributed by atoms with Gasteiger partial charge in [-0.05, 0) is 42.8 Å². The number of nitro groups is 1. The first-order valence-corrected chi connectivity index (χ1v) is 14.4. The van der Waals surface area contributed by atoms with Crippen molar-refractivity contribution >= 4 is 44.4 Å². The predicted molar refractivity (Wildman–Crippen MR) is 146 cm³/mol. The van der Waals surface area contributed by atoms with E-state index in [-0.39, 0.29) is 35.3 Å². The second kappa shape index (κ2) is 10.7. The first kappa shape index (κ1) is 26.7. The zero-order chi connectivity index (χ0) is 27.7. The Labute approximate surface area is 229 Å². The van der Waals surface area contributed by atoms with Gasteiger partial charge in [-0.1, -0.05) is 41.6 Å². The van der Waals surface area contributed by atoms with Crippen LogP contribution in [-0.2, 0) is 14.8 Å². The van der Waals surface area contributed by atoms with E-state index in [0.29, 0.717) is 27.5 Å². The van der Waals surface area contributed by atoms with E-state index in [9.17, 15) is 23.3 Å². The number of imidazole rings is 1. The number of aromatic amines is 1. The predicted octanol–water partition coefficient (Wildman–Crippen LogP) is 4.11. The first-order chi connectivity index (χ1) is 18.7. The normalized spacial score (nSPS) is 16.1. The van der Waals surface area contributed by atoms with Crippen molar-refractivity contribution in [1.29, 1.82) is 0 Å². The second-order valence-electron chi connectivity index (χ2n) is 8.95. The number of carbonyl (C=O) groups excluding carboxylic acids is 1. The molecule has 202 valence electrons. The van der Waals surface area contributed by atoms with Crippen molar-refractivity contribution in [3.8, 4) is 5.75 Å². The number of fused-ring (bicyclic) bond motifs is 1. The molecule has 1 fully saturated rings. The lowest BCUT2D eigenvalue weighted by Gasteiger charge is -2.30. The number of nitrogens with zero attached hydrogens (tertiary/aromatic N) is 4. The third-order valence-corrected chi connectivity index (χ3v) is 9.20. The average Bonchev–Trinajstić information content (AvgIpc) is 3.56. The Bertz CT molecular complexity index is 1640. The highest BCUT2D eigenvalue weighted by Crippen LogP contribution is 2.36. The zero-order valence-electron chi connectivity index (χ0n) is 21.1. The van der Waals surface area contributed by atoms with Crippen molar-refractivity contribution in [1.82, 2.24) is 19.2 Å². The fourth-order valence-electron chi connectivity index (χ4n) is 4.46. The molecule has 1 unspecified atom stereocenters. The molecule has 0 saturated carbocycles. The number of amides is 1. The summed E-state index contributed by atoms with van der Waals surface area (Å²) in [7, 11) is -2.36. The SMILES string of the molecule is COc1ccc(C2N(C(=O)CSc3nc4ccc([N+](=O)[O-])cc4[nH]3)CCN2S(=O)(=O)c2ccc(C)cc2)cc1. The van der Waals surface area contributed by atoms with Gasteiger partial charge in [-0.15, -0.1) is 0 Å². The molecule has 39 heavy (non-hydrogen) atoms. The summed E-state index contributed by atoms with van der Waals surface area (Å²) in [5.74, 6) is 0.338. The standard InChI is InChI=1S/C26H25N5O6S2/c1-17-3-10-21(11-4-17)39(35,36)30-14-13-29(25(30)18-5-8-20(37-2)9-6-18)24(32)16-38-26-27-22-12-7-19(31(33)34)15-23(22)28-26/h3-12,15,25H,13-14,16H2,1-2H3,(H,27,28). The number of H-pyrrole nitrogens is 1. The number of aryl methyl sites for hydroxylation is 1. The minimum Gasteiger partial charge on any atom is -0.497 e. The van der Waals surface area contributed by atoms with Gasteiger partial charge in [0.05, 0.1) is 33.7 Å². The minimum absolute atomic E-state index is 0.00696. The molecule has 0 bridgehead atoms. The van der Waals surface area contributed by atoms with Crippen LogP contribution in [0.15, 0.2) is 76.8 Å². The number of ether oxygens (including phenoxy) is 1. The smallest absolute Gasteiger partial charge is 0.271 e. The van der Waals surface area contributed by atoms with E-state index in [1.165, 1.54) is 16.4 Å². The Morgan fingerprint density at radius 2 is 1.85 bits per heavy atom. The summed E-state index contributed by atoms with van der Waals surface area (Å²) in [6.07, 6.45) is -0.839. The van der Waals surface area contributed by atoms with E-state index in [4.69, 9.17) is 4.74 Å². The molecule has 13 heteroatoms. The Kier molecular flexibility index (Phi) is 7.30. The summed E-state index contributed by atoms with van der Waals surface area (Å²) in [6, 6.07) is 17.9. The summed E-state index contributed by atoms with van der Waals surface area (Å²) in [4.78, 5) is 33.2. The monoisotopic (exact) mass is 567 g/mol. The number of sulfonamides is 1. The number of nitrogens with one attached hydrogen (secondary N) is 1. The zero-order valence-corrected chi connectivity index (χ0v) is 22.7. The molecule has 11 nitrogen and oxygen atoms in total. The number of rotatable bonds is 8. The summed E-state index contributed by atoms with van der Waals surface area (Å²) in [5, 5.41) is 11.5. The Hall–Kier alpha value is -3.94. The topological polar surface area (TPSA) is 139 Å². The van der Waals surface area contributed by atoms with Crippen LogP contribution in [0.1, 0.15) is 17.3 Å². The molecular weight excluding hydrogens is 542 g/mol. The van der Waals surface area contributed by atoms with E-state index in [0.717, 1.165) is 17.3 Å². The van der Waals surface area contributed by atoms with E-state index < -0.39 is 21.1 Å². The van der Waals surface area contributed by atoms with Crippen molar-refractivity contribution in [2.24, 2.45) is 0 Å². The fraction of sp³-hybridized carbons (Fsp3) is 0.231. The molecular formula is C26H25N5O6S2. The second-order valence-corrected chi connectivity index (χ2v) is 11.8. The average molecular weight is 568 g/mol. The van der Waals surface area contributed by atoms with Gasteiger partial charge >= 0.3 is 0 Å². The maximum atomic E-state index is 13.7. The number of benzene rings is 3. The minimum atomic E-state index is -3.90. The molecule has 3 aromatic carbocycles. The Morgan fingerprint density at radius 3 is 2.51 bits per heavy atom. The number of hydrogen-bond acceptors (Lipinski definition) is 8. The summed E-state index contributed by atoms with van der Waals surface area (Å²) < 4.78 is 33.9. The molecule has 1 N–H and O–H groups in total. The van der Waals surface area contributed by atoms with E-state index in [2.05, 4.69) is 9.97 Å². The number of nitro benzene ring substituents is 1. The third-order valence-electron chi connectivity index (χ3n) is 6.48. The van der Waals surface area contributed by atoms with Gasteiger partial charge in [-0.2, -0.15) is 4.31 Å². The van der Waals surface area contributed by atoms with Crippen LogP contribution in [0.3, 0.4) is 0 Å². The summed E-state index contributed by atoms with van der Waals surface area (Å²) in [6.45, 7) is 2.23. The van der Waals surface area contributed by atoms with Gasteiger partial charge in [0.15, 0.2) is 5.16 Å². The van der Waals surface area contributed by atoms with E-state index in [1.807, 2.05) is 6.92 Å². The lowest BCUT2D eigenvalue weighted by atomic mass is 10.1. The van der Waals surface area contributed by atoms with Gasteiger partial charge in [0.1, 0.15) is 11.9 Å². The highest BCUT2D eigenvalue weighted by atomic mass is 32.2. The maximum Gasteiger partial charge on any atom is 0.271 e. The molecule has 0 aliphatic carbocycles. The fourth-order valence-corrected chi connectivity index (χ4v) is 6.80. The molecule has 5 rings (SSSR count). The highest BCUT2D eigenvalue weighted by molar-refractivity contribution is 7.99. The van der Waals surface area contributed by atoms with E-state index >= 15 is 0 Å². The Morgan fingerprint density at radius 1 is 1.13 bits per heavy atom. The van der Waals surface area contributed by atoms with Gasteiger partial charge in [0, 0.05) is 25.2 Å². The van der Waals surface area contributed by atoms with Crippen molar-refractivity contribution in [3.63, 3.8) is 0 Å². The van der Waals surface area contributed by atoms with Crippen LogP contribution in [0, 0.1) is 17.0 Å². The summed E-state index contributed by atoms with van der Waals surface area (Å²) in [5.41, 5.74) is 2.55. The lowest BCUT2D eigenvalue weighted by molar-refractivity contribution is -0.384. The van der Waals surface area contributed by atoms with Crippen LogP contribution < -0.4 is 4.74 Å². The van der Waals surface area contributed by atoms with Crippen LogP contribution in [0.4, 0.5) is 5.69 Å². The van der Waals surface area contributed by atoms with Gasteiger partial charge in [0.2, 0.25) is 15.9 Å². The molecule has 1 aliphatic rings. The molecule has 0 spiro atoms. The number of non-ortho nitro benzene ring substituents is 1. The van der Waals surface area contributed by atoms with Gasteiger partial charge in [-0.3, -0.25) is 14.9 Å². The number of hydrogen-bond donors (Lipinski definition) is 1. The van der Waals surface area contributed by atoms with Gasteiger partial charge in [0.25, 0.3) is 5.69 Å². The largest absolute Gasteiger partial charge is 0.497 e. The lowest BCUT2D eigenvalue weighted by Crippen LogP contribution is -2.38. The van der Waals surface area contributed by atoms with Crippen molar-refractivity contribution in [2.75, 3.05) is 26.0 Å². The van der Waals surface area contributed by atoms with Crippen LogP contribution in [0.25, 0.3) is 11.0 Å². The molecule has 4 aromatic rings. The quantitative estimate of drug-likeness (QED) is 0.191. The maximum absolute atomic E-state index is 13.7. The number of thioether (sulfide) groups is 1. The van der Waals surface area contributed by atoms with Gasteiger partial charge in [-0.25, -0.2) is 13.4 Å². The number of methoxy groups -OCH3 is 1. The molecule has 1 aromatic heterocycles. The molecule has 0 radical (unpaired) electrons. The van der Waals surface area contributed by atoms with Crippen LogP contribution in [-0.4, -0.2) is 64.4 Å². The molecule has 1 saturated heterocycles.